The lowest BCUT2D eigenvalue weighted by Gasteiger charge is -2.13. The third-order valence-electron chi connectivity index (χ3n) is 2.39. The molecule has 0 unspecified atom stereocenters. The Bertz CT molecular complexity index is 398. The van der Waals surface area contributed by atoms with Crippen molar-refractivity contribution in [2.45, 2.75) is 19.4 Å². The zero-order valence-electron chi connectivity index (χ0n) is 9.42. The van der Waals surface area contributed by atoms with E-state index in [1.807, 2.05) is 6.92 Å². The zero-order chi connectivity index (χ0) is 12.8. The Morgan fingerprint density at radius 3 is 2.47 bits per heavy atom. The fourth-order valence-electron chi connectivity index (χ4n) is 1.28. The Kier molecular flexibility index (Phi) is 4.59. The molecule has 0 heterocycles. The van der Waals surface area contributed by atoms with Crippen LogP contribution in [0.4, 0.5) is 5.69 Å². The minimum atomic E-state index is -0.524. The van der Waals surface area contributed by atoms with Crippen LogP contribution in [0.5, 0.6) is 0 Å². The highest BCUT2D eigenvalue weighted by molar-refractivity contribution is 5.94. The number of amides is 1. The maximum atomic E-state index is 11.7. The monoisotopic (exact) mass is 238 g/mol. The highest BCUT2D eigenvalue weighted by atomic mass is 16.6. The highest BCUT2D eigenvalue weighted by Crippen LogP contribution is 2.11. The topological polar surface area (TPSA) is 92.5 Å². The van der Waals surface area contributed by atoms with Crippen molar-refractivity contribution in [3.63, 3.8) is 0 Å². The molecule has 1 rings (SSSR count). The standard InChI is InChI=1S/C11H14N2O4/c1-2-9(7-14)12-11(15)8-3-5-10(6-4-8)13(16)17/h3-6,9,14H,2,7H2,1H3,(H,12,15)/t9-/m0/s1. The molecular weight excluding hydrogens is 224 g/mol. The van der Waals surface area contributed by atoms with E-state index in [1.54, 1.807) is 0 Å². The van der Waals surface area contributed by atoms with Gasteiger partial charge in [0.25, 0.3) is 11.6 Å². The van der Waals surface area contributed by atoms with Crippen molar-refractivity contribution in [2.75, 3.05) is 6.61 Å². The van der Waals surface area contributed by atoms with Crippen LogP contribution in [-0.2, 0) is 0 Å². The molecule has 2 N–H and O–H groups in total. The van der Waals surface area contributed by atoms with Gasteiger partial charge in [-0.15, -0.1) is 0 Å². The first-order valence-corrected chi connectivity index (χ1v) is 5.24. The van der Waals surface area contributed by atoms with E-state index < -0.39 is 4.92 Å². The molecular formula is C11H14N2O4. The number of carbonyl (C=O) groups excluding carboxylic acids is 1. The largest absolute Gasteiger partial charge is 0.394 e. The molecule has 0 spiro atoms. The van der Waals surface area contributed by atoms with E-state index in [-0.39, 0.29) is 24.2 Å². The van der Waals surface area contributed by atoms with Crippen LogP contribution < -0.4 is 5.32 Å². The van der Waals surface area contributed by atoms with Crippen molar-refractivity contribution in [3.05, 3.63) is 39.9 Å². The number of nitrogens with zero attached hydrogens (tertiary/aromatic N) is 1. The summed E-state index contributed by atoms with van der Waals surface area (Å²) in [6.45, 7) is 1.71. The number of non-ortho nitro benzene ring substituents is 1. The van der Waals surface area contributed by atoms with Crippen LogP contribution in [0.3, 0.4) is 0 Å². The minimum Gasteiger partial charge on any atom is -0.394 e. The molecule has 17 heavy (non-hydrogen) atoms. The zero-order valence-corrected chi connectivity index (χ0v) is 9.42. The Hall–Kier alpha value is -1.95. The van der Waals surface area contributed by atoms with Crippen molar-refractivity contribution in [1.29, 1.82) is 0 Å². The number of nitro groups is 1. The number of nitro benzene ring substituents is 1. The molecule has 6 nitrogen and oxygen atoms in total. The van der Waals surface area contributed by atoms with Crippen LogP contribution in [-0.4, -0.2) is 28.6 Å². The van der Waals surface area contributed by atoms with Gasteiger partial charge in [0.15, 0.2) is 0 Å². The van der Waals surface area contributed by atoms with Gasteiger partial charge in [-0.05, 0) is 18.6 Å². The number of hydrogen-bond donors (Lipinski definition) is 2. The van der Waals surface area contributed by atoms with E-state index in [0.29, 0.717) is 12.0 Å². The van der Waals surface area contributed by atoms with E-state index >= 15 is 0 Å². The van der Waals surface area contributed by atoms with Crippen LogP contribution in [0.25, 0.3) is 0 Å². The Morgan fingerprint density at radius 1 is 1.47 bits per heavy atom. The van der Waals surface area contributed by atoms with Crippen LogP contribution >= 0.6 is 0 Å². The number of aliphatic hydroxyl groups excluding tert-OH is 1. The maximum Gasteiger partial charge on any atom is 0.269 e. The molecule has 1 aromatic carbocycles. The second-order valence-corrected chi connectivity index (χ2v) is 3.57. The van der Waals surface area contributed by atoms with Gasteiger partial charge in [0.1, 0.15) is 0 Å². The average molecular weight is 238 g/mol. The second kappa shape index (κ2) is 5.95. The van der Waals surface area contributed by atoms with E-state index in [1.165, 1.54) is 24.3 Å². The number of hydrogen-bond acceptors (Lipinski definition) is 4. The third kappa shape index (κ3) is 3.53. The summed E-state index contributed by atoms with van der Waals surface area (Å²) in [4.78, 5) is 21.6. The Morgan fingerprint density at radius 2 is 2.06 bits per heavy atom. The molecule has 0 aromatic heterocycles. The summed E-state index contributed by atoms with van der Waals surface area (Å²) in [5.74, 6) is -0.346. The van der Waals surface area contributed by atoms with Crippen molar-refractivity contribution in [2.24, 2.45) is 0 Å². The van der Waals surface area contributed by atoms with E-state index in [0.717, 1.165) is 0 Å². The average Bonchev–Trinajstić information content (AvgIpc) is 2.35. The summed E-state index contributed by atoms with van der Waals surface area (Å²) >= 11 is 0. The summed E-state index contributed by atoms with van der Waals surface area (Å²) in [7, 11) is 0. The number of benzene rings is 1. The highest BCUT2D eigenvalue weighted by Gasteiger charge is 2.12. The van der Waals surface area contributed by atoms with Crippen molar-refractivity contribution in [1.82, 2.24) is 5.32 Å². The van der Waals surface area contributed by atoms with Gasteiger partial charge in [0.05, 0.1) is 17.6 Å². The second-order valence-electron chi connectivity index (χ2n) is 3.57. The lowest BCUT2D eigenvalue weighted by Crippen LogP contribution is -2.36. The Labute approximate surface area is 98.4 Å². The molecule has 0 radical (unpaired) electrons. The first-order chi connectivity index (χ1) is 8.08. The molecule has 0 bridgehead atoms. The van der Waals surface area contributed by atoms with E-state index in [9.17, 15) is 14.9 Å². The number of nitrogens with one attached hydrogen (secondary N) is 1. The smallest absolute Gasteiger partial charge is 0.269 e. The van der Waals surface area contributed by atoms with Crippen LogP contribution in [0.1, 0.15) is 23.7 Å². The lowest BCUT2D eigenvalue weighted by atomic mass is 10.1. The molecule has 1 aromatic rings. The number of carbonyl (C=O) groups is 1. The van der Waals surface area contributed by atoms with E-state index in [4.69, 9.17) is 5.11 Å². The summed E-state index contributed by atoms with van der Waals surface area (Å²) in [6, 6.07) is 5.02. The molecule has 0 saturated heterocycles. The molecule has 0 saturated carbocycles. The first kappa shape index (κ1) is 13.1. The van der Waals surface area contributed by atoms with Gasteiger partial charge in [-0.2, -0.15) is 0 Å². The van der Waals surface area contributed by atoms with Crippen molar-refractivity contribution in [3.8, 4) is 0 Å². The van der Waals surface area contributed by atoms with Crippen LogP contribution in [0.2, 0.25) is 0 Å². The predicted octanol–water partition coefficient (Wildman–Crippen LogP) is 1.10. The van der Waals surface area contributed by atoms with Crippen LogP contribution in [0.15, 0.2) is 24.3 Å². The maximum absolute atomic E-state index is 11.7. The summed E-state index contributed by atoms with van der Waals surface area (Å²) < 4.78 is 0. The van der Waals surface area contributed by atoms with E-state index in [2.05, 4.69) is 5.32 Å². The van der Waals surface area contributed by atoms with Gasteiger partial charge in [-0.1, -0.05) is 6.92 Å². The molecule has 92 valence electrons. The fraction of sp³-hybridized carbons (Fsp3) is 0.364. The normalized spacial score (nSPS) is 11.9. The van der Waals surface area contributed by atoms with Gasteiger partial charge in [-0.25, -0.2) is 0 Å². The molecule has 0 fully saturated rings. The minimum absolute atomic E-state index is 0.0595. The summed E-state index contributed by atoms with van der Waals surface area (Å²) in [5.41, 5.74) is 0.276. The quantitative estimate of drug-likeness (QED) is 0.593. The summed E-state index contributed by atoms with van der Waals surface area (Å²) in [5, 5.41) is 22.0. The summed E-state index contributed by atoms with van der Waals surface area (Å²) in [6.07, 6.45) is 0.620. The lowest BCUT2D eigenvalue weighted by molar-refractivity contribution is -0.384. The molecule has 0 aliphatic rings. The van der Waals surface area contributed by atoms with Gasteiger partial charge >= 0.3 is 0 Å². The van der Waals surface area contributed by atoms with Crippen molar-refractivity contribution >= 4 is 11.6 Å². The predicted molar refractivity (Wildman–Crippen MR) is 61.7 cm³/mol. The molecule has 6 heteroatoms. The molecule has 0 aliphatic carbocycles. The fourth-order valence-corrected chi connectivity index (χ4v) is 1.28. The van der Waals surface area contributed by atoms with Gasteiger partial charge < -0.3 is 10.4 Å². The van der Waals surface area contributed by atoms with Gasteiger partial charge in [0.2, 0.25) is 0 Å². The molecule has 1 atom stereocenters. The SMILES string of the molecule is CC[C@@H](CO)NC(=O)c1ccc([N+](=O)[O-])cc1. The number of aliphatic hydroxyl groups is 1. The number of rotatable bonds is 5. The molecule has 0 aliphatic heterocycles. The third-order valence-corrected chi connectivity index (χ3v) is 2.39. The van der Waals surface area contributed by atoms with Gasteiger partial charge in [0, 0.05) is 17.7 Å². The van der Waals surface area contributed by atoms with Crippen LogP contribution in [0, 0.1) is 10.1 Å². The van der Waals surface area contributed by atoms with Crippen molar-refractivity contribution < 1.29 is 14.8 Å². The first-order valence-electron chi connectivity index (χ1n) is 5.24. The Balaban J connectivity index is 2.73. The van der Waals surface area contributed by atoms with Gasteiger partial charge in [-0.3, -0.25) is 14.9 Å². The molecule has 1 amide bonds.